The number of carboxylic acids is 1. The van der Waals surface area contributed by atoms with Crippen molar-refractivity contribution in [2.24, 2.45) is 0 Å². The summed E-state index contributed by atoms with van der Waals surface area (Å²) >= 11 is 0. The Morgan fingerprint density at radius 1 is 0.938 bits per heavy atom. The van der Waals surface area contributed by atoms with E-state index in [-0.39, 0.29) is 5.56 Å². The first-order valence-electron chi connectivity index (χ1n) is 4.90. The van der Waals surface area contributed by atoms with E-state index in [1.165, 1.54) is 14.2 Å². The van der Waals surface area contributed by atoms with Crippen LogP contribution in [0.4, 0.5) is 0 Å². The Morgan fingerprint density at radius 3 is 1.75 bits per heavy atom. The van der Waals surface area contributed by atoms with Crippen molar-refractivity contribution in [2.75, 3.05) is 14.2 Å². The number of rotatable bonds is 3. The molecule has 1 aromatic carbocycles. The minimum Gasteiger partial charge on any atom is -0.496 e. The number of carboxylic acid groups (broad SMARTS) is 1. The van der Waals surface area contributed by atoms with E-state index in [1.807, 2.05) is 13.8 Å². The monoisotopic (exact) mass is 224 g/mol. The van der Waals surface area contributed by atoms with Gasteiger partial charge in [0.2, 0.25) is 0 Å². The Hall–Kier alpha value is -1.71. The average molecular weight is 224 g/mol. The summed E-state index contributed by atoms with van der Waals surface area (Å²) in [6, 6.07) is 0. The van der Waals surface area contributed by atoms with Crippen molar-refractivity contribution in [1.82, 2.24) is 0 Å². The standard InChI is InChI=1S/C12H16O4/c1-6-7(2)11(16-5)9(12(13)14)8(3)10(6)15-4/h1-5H3,(H,13,14). The van der Waals surface area contributed by atoms with Gasteiger partial charge in [0.05, 0.1) is 14.2 Å². The molecule has 1 aromatic rings. The first kappa shape index (κ1) is 12.4. The number of methoxy groups -OCH3 is 2. The number of hydrogen-bond acceptors (Lipinski definition) is 3. The van der Waals surface area contributed by atoms with Gasteiger partial charge in [-0.05, 0) is 31.9 Å². The molecule has 0 aromatic heterocycles. The highest BCUT2D eigenvalue weighted by atomic mass is 16.5. The second kappa shape index (κ2) is 4.43. The molecule has 4 heteroatoms. The Kier molecular flexibility index (Phi) is 3.42. The lowest BCUT2D eigenvalue weighted by Crippen LogP contribution is -2.08. The molecule has 0 aliphatic carbocycles. The fraction of sp³-hybridized carbons (Fsp3) is 0.417. The Balaban J connectivity index is 3.71. The van der Waals surface area contributed by atoms with Crippen LogP contribution in [0.2, 0.25) is 0 Å². The molecule has 0 saturated heterocycles. The summed E-state index contributed by atoms with van der Waals surface area (Å²) in [5.74, 6) is 0.00903. The largest absolute Gasteiger partial charge is 0.496 e. The fourth-order valence-electron chi connectivity index (χ4n) is 1.91. The van der Waals surface area contributed by atoms with Gasteiger partial charge in [-0.1, -0.05) is 0 Å². The molecule has 1 N–H and O–H groups in total. The molecule has 0 spiro atoms. The highest BCUT2D eigenvalue weighted by Gasteiger charge is 2.22. The molecule has 0 aliphatic rings. The summed E-state index contributed by atoms with van der Waals surface area (Å²) in [4.78, 5) is 11.2. The molecule has 0 amide bonds. The predicted octanol–water partition coefficient (Wildman–Crippen LogP) is 2.33. The van der Waals surface area contributed by atoms with Gasteiger partial charge in [0, 0.05) is 5.56 Å². The van der Waals surface area contributed by atoms with Crippen LogP contribution in [0.5, 0.6) is 11.5 Å². The molecule has 0 aliphatic heterocycles. The first-order valence-corrected chi connectivity index (χ1v) is 4.90. The van der Waals surface area contributed by atoms with Gasteiger partial charge in [0.15, 0.2) is 0 Å². The van der Waals surface area contributed by atoms with Gasteiger partial charge in [0.1, 0.15) is 17.1 Å². The number of benzene rings is 1. The minimum atomic E-state index is -1.00. The van der Waals surface area contributed by atoms with E-state index < -0.39 is 5.97 Å². The van der Waals surface area contributed by atoms with Crippen LogP contribution in [0.1, 0.15) is 27.0 Å². The number of hydrogen-bond donors (Lipinski definition) is 1. The Labute approximate surface area is 94.8 Å². The van der Waals surface area contributed by atoms with Gasteiger partial charge < -0.3 is 14.6 Å². The average Bonchev–Trinajstić information content (AvgIpc) is 2.23. The quantitative estimate of drug-likeness (QED) is 0.856. The van der Waals surface area contributed by atoms with Gasteiger partial charge >= 0.3 is 5.97 Å². The molecule has 0 atom stereocenters. The lowest BCUT2D eigenvalue weighted by Gasteiger charge is -2.18. The zero-order chi connectivity index (χ0) is 12.5. The van der Waals surface area contributed by atoms with Crippen molar-refractivity contribution < 1.29 is 19.4 Å². The smallest absolute Gasteiger partial charge is 0.339 e. The molecule has 16 heavy (non-hydrogen) atoms. The number of carbonyl (C=O) groups is 1. The summed E-state index contributed by atoms with van der Waals surface area (Å²) in [6.45, 7) is 5.43. The van der Waals surface area contributed by atoms with Crippen LogP contribution in [-0.4, -0.2) is 25.3 Å². The van der Waals surface area contributed by atoms with Gasteiger partial charge in [0.25, 0.3) is 0 Å². The SMILES string of the molecule is COc1c(C)c(C)c(OC)c(C(=O)O)c1C. The number of ether oxygens (including phenoxy) is 2. The van der Waals surface area contributed by atoms with Crippen LogP contribution in [0.15, 0.2) is 0 Å². The minimum absolute atomic E-state index is 0.169. The normalized spacial score (nSPS) is 10.1. The zero-order valence-electron chi connectivity index (χ0n) is 10.2. The molecular weight excluding hydrogens is 208 g/mol. The molecule has 0 heterocycles. The first-order chi connectivity index (χ1) is 7.45. The fourth-order valence-corrected chi connectivity index (χ4v) is 1.91. The zero-order valence-corrected chi connectivity index (χ0v) is 10.2. The van der Waals surface area contributed by atoms with E-state index in [0.717, 1.165) is 11.1 Å². The maximum absolute atomic E-state index is 11.2. The van der Waals surface area contributed by atoms with Crippen LogP contribution >= 0.6 is 0 Å². The molecule has 0 bridgehead atoms. The topological polar surface area (TPSA) is 55.8 Å². The van der Waals surface area contributed by atoms with E-state index in [1.54, 1.807) is 6.92 Å². The maximum Gasteiger partial charge on any atom is 0.339 e. The van der Waals surface area contributed by atoms with Crippen molar-refractivity contribution in [3.05, 3.63) is 22.3 Å². The van der Waals surface area contributed by atoms with Crippen molar-refractivity contribution in [3.63, 3.8) is 0 Å². The molecule has 0 unspecified atom stereocenters. The van der Waals surface area contributed by atoms with Crippen molar-refractivity contribution >= 4 is 5.97 Å². The third-order valence-electron chi connectivity index (χ3n) is 2.81. The van der Waals surface area contributed by atoms with Crippen molar-refractivity contribution in [3.8, 4) is 11.5 Å². The second-order valence-corrected chi connectivity index (χ2v) is 3.62. The highest BCUT2D eigenvalue weighted by Crippen LogP contribution is 2.37. The molecule has 4 nitrogen and oxygen atoms in total. The van der Waals surface area contributed by atoms with E-state index in [2.05, 4.69) is 0 Å². The van der Waals surface area contributed by atoms with Crippen LogP contribution in [0, 0.1) is 20.8 Å². The van der Waals surface area contributed by atoms with E-state index >= 15 is 0 Å². The predicted molar refractivity (Wildman–Crippen MR) is 60.7 cm³/mol. The molecule has 0 saturated carbocycles. The van der Waals surface area contributed by atoms with E-state index in [4.69, 9.17) is 9.47 Å². The lowest BCUT2D eigenvalue weighted by molar-refractivity contribution is 0.0692. The number of aromatic carboxylic acids is 1. The second-order valence-electron chi connectivity index (χ2n) is 3.62. The lowest BCUT2D eigenvalue weighted by atomic mass is 9.97. The summed E-state index contributed by atoms with van der Waals surface area (Å²) in [5, 5.41) is 9.18. The van der Waals surface area contributed by atoms with E-state index in [9.17, 15) is 9.90 Å². The van der Waals surface area contributed by atoms with Gasteiger partial charge in [-0.3, -0.25) is 0 Å². The third-order valence-corrected chi connectivity index (χ3v) is 2.81. The van der Waals surface area contributed by atoms with Crippen molar-refractivity contribution in [1.29, 1.82) is 0 Å². The van der Waals surface area contributed by atoms with E-state index in [0.29, 0.717) is 17.1 Å². The summed E-state index contributed by atoms with van der Waals surface area (Å²) in [7, 11) is 3.01. The van der Waals surface area contributed by atoms with Crippen LogP contribution < -0.4 is 9.47 Å². The van der Waals surface area contributed by atoms with Crippen LogP contribution in [-0.2, 0) is 0 Å². The van der Waals surface area contributed by atoms with Crippen LogP contribution in [0.25, 0.3) is 0 Å². The third kappa shape index (κ3) is 1.71. The Morgan fingerprint density at radius 2 is 1.38 bits per heavy atom. The highest BCUT2D eigenvalue weighted by molar-refractivity contribution is 5.94. The summed E-state index contributed by atoms with van der Waals surface area (Å²) in [6.07, 6.45) is 0. The maximum atomic E-state index is 11.2. The summed E-state index contributed by atoms with van der Waals surface area (Å²) in [5.41, 5.74) is 2.46. The molecule has 1 rings (SSSR count). The van der Waals surface area contributed by atoms with Gasteiger partial charge in [-0.15, -0.1) is 0 Å². The van der Waals surface area contributed by atoms with Crippen molar-refractivity contribution in [2.45, 2.75) is 20.8 Å². The Bertz CT molecular complexity index is 435. The molecule has 0 fully saturated rings. The molecular formula is C12H16O4. The van der Waals surface area contributed by atoms with Crippen LogP contribution in [0.3, 0.4) is 0 Å². The summed E-state index contributed by atoms with van der Waals surface area (Å²) < 4.78 is 10.4. The van der Waals surface area contributed by atoms with Gasteiger partial charge in [-0.2, -0.15) is 0 Å². The molecule has 88 valence electrons. The molecule has 0 radical (unpaired) electrons. The van der Waals surface area contributed by atoms with Gasteiger partial charge in [-0.25, -0.2) is 4.79 Å².